The van der Waals surface area contributed by atoms with Crippen molar-refractivity contribution in [2.75, 3.05) is 7.11 Å². The van der Waals surface area contributed by atoms with Crippen molar-refractivity contribution in [2.45, 2.75) is 6.18 Å². The van der Waals surface area contributed by atoms with Gasteiger partial charge in [0.25, 0.3) is 0 Å². The Balaban J connectivity index is 3.15. The van der Waals surface area contributed by atoms with Crippen LogP contribution in [-0.2, 0) is 18.0 Å². The Morgan fingerprint density at radius 2 is 2.14 bits per heavy atom. The maximum absolute atomic E-state index is 12.2. The Morgan fingerprint density at radius 1 is 1.57 bits per heavy atom. The maximum atomic E-state index is 12.2. The van der Waals surface area contributed by atoms with Gasteiger partial charge in [-0.2, -0.15) is 13.2 Å². The lowest BCUT2D eigenvalue weighted by Crippen LogP contribution is -2.16. The molecule has 4 nitrogen and oxygen atoms in total. The smallest absolute Gasteiger partial charge is 0.449 e. The Hall–Kier alpha value is -1.53. The van der Waals surface area contributed by atoms with Crippen molar-refractivity contribution in [1.82, 2.24) is 9.55 Å². The van der Waals surface area contributed by atoms with Crippen LogP contribution < -0.4 is 0 Å². The minimum absolute atomic E-state index is 0.236. The van der Waals surface area contributed by atoms with Crippen LogP contribution in [0.3, 0.4) is 0 Å². The first-order chi connectivity index (χ1) is 6.38. The molecule has 0 bridgehead atoms. The summed E-state index contributed by atoms with van der Waals surface area (Å²) in [7, 11) is 2.19. The molecule has 0 aliphatic heterocycles. The van der Waals surface area contributed by atoms with Crippen LogP contribution in [0.4, 0.5) is 13.2 Å². The molecule has 0 saturated carbocycles. The number of carbonyl (C=O) groups excluding carboxylic acids is 1. The van der Waals surface area contributed by atoms with E-state index >= 15 is 0 Å². The highest BCUT2D eigenvalue weighted by atomic mass is 19.4. The first kappa shape index (κ1) is 10.6. The molecule has 0 atom stereocenters. The number of methoxy groups -OCH3 is 1. The molecular formula is C7H7F3N2O2. The zero-order chi connectivity index (χ0) is 10.9. The lowest BCUT2D eigenvalue weighted by molar-refractivity contribution is -0.146. The van der Waals surface area contributed by atoms with Crippen LogP contribution >= 0.6 is 0 Å². The molecule has 1 rings (SSSR count). The second kappa shape index (κ2) is 3.32. The SMILES string of the molecule is COC(=O)c1cnc(C(F)(F)F)n1C. The molecular weight excluding hydrogens is 201 g/mol. The van der Waals surface area contributed by atoms with Gasteiger partial charge in [-0.05, 0) is 0 Å². The van der Waals surface area contributed by atoms with E-state index in [4.69, 9.17) is 0 Å². The van der Waals surface area contributed by atoms with E-state index in [0.29, 0.717) is 4.57 Å². The number of esters is 1. The van der Waals surface area contributed by atoms with Gasteiger partial charge in [0.1, 0.15) is 5.69 Å². The van der Waals surface area contributed by atoms with E-state index in [1.807, 2.05) is 0 Å². The van der Waals surface area contributed by atoms with Gasteiger partial charge in [-0.25, -0.2) is 9.78 Å². The monoisotopic (exact) mass is 208 g/mol. The average molecular weight is 208 g/mol. The number of nitrogens with zero attached hydrogens (tertiary/aromatic N) is 2. The summed E-state index contributed by atoms with van der Waals surface area (Å²) in [6.07, 6.45) is -3.74. The van der Waals surface area contributed by atoms with E-state index in [-0.39, 0.29) is 5.69 Å². The molecule has 1 aromatic rings. The third-order valence-corrected chi connectivity index (χ3v) is 1.64. The van der Waals surface area contributed by atoms with Crippen molar-refractivity contribution >= 4 is 5.97 Å². The van der Waals surface area contributed by atoms with E-state index in [9.17, 15) is 18.0 Å². The van der Waals surface area contributed by atoms with E-state index in [0.717, 1.165) is 20.4 Å². The van der Waals surface area contributed by atoms with Crippen LogP contribution in [0, 0.1) is 0 Å². The highest BCUT2D eigenvalue weighted by Gasteiger charge is 2.37. The molecule has 1 aromatic heterocycles. The van der Waals surface area contributed by atoms with Crippen molar-refractivity contribution in [3.63, 3.8) is 0 Å². The summed E-state index contributed by atoms with van der Waals surface area (Å²) >= 11 is 0. The molecule has 0 N–H and O–H groups in total. The van der Waals surface area contributed by atoms with Gasteiger partial charge in [-0.1, -0.05) is 0 Å². The van der Waals surface area contributed by atoms with Crippen molar-refractivity contribution in [3.05, 3.63) is 17.7 Å². The molecule has 14 heavy (non-hydrogen) atoms. The summed E-state index contributed by atoms with van der Waals surface area (Å²) < 4.78 is 41.5. The standard InChI is InChI=1S/C7H7F3N2O2/c1-12-4(5(13)14-2)3-11-6(12)7(8,9)10/h3H,1-2H3. The normalized spacial score (nSPS) is 11.5. The Morgan fingerprint density at radius 3 is 2.50 bits per heavy atom. The number of halogens is 3. The van der Waals surface area contributed by atoms with Gasteiger partial charge in [0, 0.05) is 7.05 Å². The van der Waals surface area contributed by atoms with Crippen LogP contribution in [0.1, 0.15) is 16.3 Å². The first-order valence-electron chi connectivity index (χ1n) is 3.55. The molecule has 0 radical (unpaired) electrons. The van der Waals surface area contributed by atoms with Crippen molar-refractivity contribution < 1.29 is 22.7 Å². The van der Waals surface area contributed by atoms with Crippen molar-refractivity contribution in [2.24, 2.45) is 7.05 Å². The number of imidazole rings is 1. The number of alkyl halides is 3. The van der Waals surface area contributed by atoms with Crippen LogP contribution in [0.15, 0.2) is 6.20 Å². The van der Waals surface area contributed by atoms with Gasteiger partial charge in [0.15, 0.2) is 0 Å². The molecule has 1 heterocycles. The zero-order valence-corrected chi connectivity index (χ0v) is 7.42. The molecule has 0 amide bonds. The summed E-state index contributed by atoms with van der Waals surface area (Å²) in [5.74, 6) is -1.98. The largest absolute Gasteiger partial charge is 0.464 e. The summed E-state index contributed by atoms with van der Waals surface area (Å²) in [5, 5.41) is 0. The van der Waals surface area contributed by atoms with E-state index in [1.165, 1.54) is 0 Å². The first-order valence-corrected chi connectivity index (χ1v) is 3.55. The number of ether oxygens (including phenoxy) is 1. The van der Waals surface area contributed by atoms with Gasteiger partial charge in [0.2, 0.25) is 5.82 Å². The van der Waals surface area contributed by atoms with Gasteiger partial charge in [-0.15, -0.1) is 0 Å². The fraction of sp³-hybridized carbons (Fsp3) is 0.429. The molecule has 78 valence electrons. The molecule has 0 saturated heterocycles. The van der Waals surface area contributed by atoms with Crippen LogP contribution in [0.25, 0.3) is 0 Å². The lowest BCUT2D eigenvalue weighted by atomic mass is 10.5. The average Bonchev–Trinajstić information content (AvgIpc) is 2.45. The molecule has 0 spiro atoms. The Kier molecular flexibility index (Phi) is 2.50. The second-order valence-electron chi connectivity index (χ2n) is 2.52. The topological polar surface area (TPSA) is 44.1 Å². The van der Waals surface area contributed by atoms with Gasteiger partial charge < -0.3 is 9.30 Å². The number of carbonyl (C=O) groups is 1. The molecule has 0 unspecified atom stereocenters. The molecule has 7 heteroatoms. The summed E-state index contributed by atoms with van der Waals surface area (Å²) in [4.78, 5) is 14.0. The molecule has 0 aromatic carbocycles. The predicted octanol–water partition coefficient (Wildman–Crippen LogP) is 1.23. The van der Waals surface area contributed by atoms with Gasteiger partial charge in [0.05, 0.1) is 13.3 Å². The van der Waals surface area contributed by atoms with Gasteiger partial charge in [-0.3, -0.25) is 0 Å². The summed E-state index contributed by atoms with van der Waals surface area (Å²) in [6, 6.07) is 0. The molecule has 0 aliphatic rings. The fourth-order valence-corrected chi connectivity index (χ4v) is 0.967. The number of hydrogen-bond acceptors (Lipinski definition) is 3. The number of rotatable bonds is 1. The highest BCUT2D eigenvalue weighted by molar-refractivity contribution is 5.87. The van der Waals surface area contributed by atoms with Crippen molar-refractivity contribution in [3.8, 4) is 0 Å². The number of aromatic nitrogens is 2. The van der Waals surface area contributed by atoms with E-state index in [2.05, 4.69) is 9.72 Å². The maximum Gasteiger partial charge on any atom is 0.449 e. The summed E-state index contributed by atoms with van der Waals surface area (Å²) in [5.41, 5.74) is -0.236. The van der Waals surface area contributed by atoms with Crippen molar-refractivity contribution in [1.29, 1.82) is 0 Å². The van der Waals surface area contributed by atoms with Crippen LogP contribution in [-0.4, -0.2) is 22.6 Å². The van der Waals surface area contributed by atoms with Gasteiger partial charge >= 0.3 is 12.1 Å². The minimum atomic E-state index is -4.57. The quantitative estimate of drug-likeness (QED) is 0.652. The fourth-order valence-electron chi connectivity index (χ4n) is 0.967. The van der Waals surface area contributed by atoms with E-state index < -0.39 is 18.0 Å². The third-order valence-electron chi connectivity index (χ3n) is 1.64. The minimum Gasteiger partial charge on any atom is -0.464 e. The Labute approximate surface area is 77.3 Å². The lowest BCUT2D eigenvalue weighted by Gasteiger charge is -2.06. The van der Waals surface area contributed by atoms with Crippen LogP contribution in [0.5, 0.6) is 0 Å². The molecule has 0 fully saturated rings. The highest BCUT2D eigenvalue weighted by Crippen LogP contribution is 2.28. The van der Waals surface area contributed by atoms with E-state index in [1.54, 1.807) is 0 Å². The number of hydrogen-bond donors (Lipinski definition) is 0. The summed E-state index contributed by atoms with van der Waals surface area (Å²) in [6.45, 7) is 0. The second-order valence-corrected chi connectivity index (χ2v) is 2.52. The van der Waals surface area contributed by atoms with Crippen LogP contribution in [0.2, 0.25) is 0 Å². The zero-order valence-electron chi connectivity index (χ0n) is 7.42. The predicted molar refractivity (Wildman–Crippen MR) is 39.5 cm³/mol. The third kappa shape index (κ3) is 1.70. The Bertz CT molecular complexity index is 356. The molecule has 0 aliphatic carbocycles.